The highest BCUT2D eigenvalue weighted by Crippen LogP contribution is 2.08. The van der Waals surface area contributed by atoms with Crippen LogP contribution in [0.5, 0.6) is 0 Å². The van der Waals surface area contributed by atoms with Gasteiger partial charge in [0.25, 0.3) is 0 Å². The van der Waals surface area contributed by atoms with E-state index in [-0.39, 0.29) is 0 Å². The van der Waals surface area contributed by atoms with Crippen molar-refractivity contribution in [3.8, 4) is 0 Å². The summed E-state index contributed by atoms with van der Waals surface area (Å²) < 4.78 is 2.02. The van der Waals surface area contributed by atoms with E-state index in [0.717, 1.165) is 17.4 Å². The molecule has 4 heteroatoms. The van der Waals surface area contributed by atoms with Crippen molar-refractivity contribution in [3.05, 3.63) is 11.9 Å². The van der Waals surface area contributed by atoms with E-state index in [2.05, 4.69) is 23.5 Å². The van der Waals surface area contributed by atoms with E-state index in [4.69, 9.17) is 0 Å². The van der Waals surface area contributed by atoms with Crippen LogP contribution in [-0.2, 0) is 7.05 Å². The van der Waals surface area contributed by atoms with Crippen molar-refractivity contribution in [1.82, 2.24) is 9.55 Å². The topological polar surface area (TPSA) is 29.9 Å². The lowest BCUT2D eigenvalue weighted by Gasteiger charge is -2.12. The van der Waals surface area contributed by atoms with Gasteiger partial charge in [0.2, 0.25) is 5.95 Å². The third kappa shape index (κ3) is 2.95. The molecular formula is C9H17N3S. The molecule has 0 aliphatic rings. The maximum absolute atomic E-state index is 4.38. The summed E-state index contributed by atoms with van der Waals surface area (Å²) in [5.74, 6) is 2.06. The highest BCUT2D eigenvalue weighted by atomic mass is 32.2. The zero-order valence-corrected chi connectivity index (χ0v) is 9.48. The summed E-state index contributed by atoms with van der Waals surface area (Å²) in [6.45, 7) is 4.17. The van der Waals surface area contributed by atoms with Gasteiger partial charge in [-0.25, -0.2) is 4.98 Å². The number of rotatable bonds is 4. The monoisotopic (exact) mass is 199 g/mol. The van der Waals surface area contributed by atoms with Crippen molar-refractivity contribution in [1.29, 1.82) is 0 Å². The van der Waals surface area contributed by atoms with E-state index < -0.39 is 0 Å². The number of nitrogens with one attached hydrogen (secondary N) is 1. The molecule has 0 aliphatic heterocycles. The van der Waals surface area contributed by atoms with E-state index in [1.165, 1.54) is 0 Å². The molecule has 1 rings (SSSR count). The Morgan fingerprint density at radius 3 is 2.85 bits per heavy atom. The van der Waals surface area contributed by atoms with Gasteiger partial charge < -0.3 is 9.88 Å². The zero-order valence-electron chi connectivity index (χ0n) is 8.66. The van der Waals surface area contributed by atoms with E-state index in [0.29, 0.717) is 6.04 Å². The largest absolute Gasteiger partial charge is 0.352 e. The molecule has 0 spiro atoms. The van der Waals surface area contributed by atoms with Gasteiger partial charge in [0.1, 0.15) is 0 Å². The van der Waals surface area contributed by atoms with E-state index >= 15 is 0 Å². The molecule has 1 heterocycles. The van der Waals surface area contributed by atoms with Crippen LogP contribution in [0.15, 0.2) is 6.20 Å². The fourth-order valence-electron chi connectivity index (χ4n) is 1.26. The van der Waals surface area contributed by atoms with Gasteiger partial charge in [-0.15, -0.1) is 0 Å². The normalized spacial score (nSPS) is 12.9. The lowest BCUT2D eigenvalue weighted by molar-refractivity contribution is 0.840. The third-order valence-corrected chi connectivity index (χ3v) is 2.62. The molecular weight excluding hydrogens is 182 g/mol. The minimum absolute atomic E-state index is 0.468. The molecule has 0 aliphatic carbocycles. The molecule has 13 heavy (non-hydrogen) atoms. The Morgan fingerprint density at radius 2 is 2.38 bits per heavy atom. The molecule has 1 aromatic rings. The Morgan fingerprint density at radius 1 is 1.69 bits per heavy atom. The van der Waals surface area contributed by atoms with E-state index in [1.54, 1.807) is 0 Å². The molecule has 3 nitrogen and oxygen atoms in total. The number of thioether (sulfide) groups is 1. The van der Waals surface area contributed by atoms with Crippen LogP contribution in [0.2, 0.25) is 0 Å². The first kappa shape index (κ1) is 10.4. The Hall–Kier alpha value is -0.640. The van der Waals surface area contributed by atoms with Crippen molar-refractivity contribution in [2.24, 2.45) is 7.05 Å². The van der Waals surface area contributed by atoms with Crippen LogP contribution in [0.4, 0.5) is 5.95 Å². The van der Waals surface area contributed by atoms with Crippen molar-refractivity contribution < 1.29 is 0 Å². The van der Waals surface area contributed by atoms with Gasteiger partial charge in [-0.2, -0.15) is 11.8 Å². The summed E-state index contributed by atoms with van der Waals surface area (Å²) in [5.41, 5.74) is 1.06. The van der Waals surface area contributed by atoms with Gasteiger partial charge in [-0.1, -0.05) is 0 Å². The van der Waals surface area contributed by atoms with Crippen LogP contribution in [-0.4, -0.2) is 27.6 Å². The number of hydrogen-bond donors (Lipinski definition) is 1. The van der Waals surface area contributed by atoms with Gasteiger partial charge in [-0.05, 0) is 20.1 Å². The predicted octanol–water partition coefficient (Wildman–Crippen LogP) is 1.89. The molecule has 0 bridgehead atoms. The quantitative estimate of drug-likeness (QED) is 0.803. The fourth-order valence-corrected chi connectivity index (χ4v) is 1.85. The van der Waals surface area contributed by atoms with Crippen molar-refractivity contribution in [2.75, 3.05) is 17.3 Å². The van der Waals surface area contributed by atoms with Crippen molar-refractivity contribution in [2.45, 2.75) is 19.9 Å². The number of nitrogens with zero attached hydrogens (tertiary/aromatic N) is 2. The molecule has 0 fully saturated rings. The highest BCUT2D eigenvalue weighted by Gasteiger charge is 2.05. The summed E-state index contributed by atoms with van der Waals surface area (Å²) in [6, 6.07) is 0.468. The molecule has 0 radical (unpaired) electrons. The minimum Gasteiger partial charge on any atom is -0.352 e. The second-order valence-corrected chi connectivity index (χ2v) is 4.23. The van der Waals surface area contributed by atoms with Gasteiger partial charge in [0.05, 0.1) is 5.69 Å². The van der Waals surface area contributed by atoms with Crippen LogP contribution < -0.4 is 5.32 Å². The van der Waals surface area contributed by atoms with Gasteiger partial charge in [0.15, 0.2) is 0 Å². The molecule has 0 amide bonds. The molecule has 1 atom stereocenters. The molecule has 0 aromatic carbocycles. The van der Waals surface area contributed by atoms with Crippen molar-refractivity contribution in [3.63, 3.8) is 0 Å². The standard InChI is InChI=1S/C9H17N3S/c1-7-5-12(3)9(10-7)11-8(2)6-13-4/h5,8H,6H2,1-4H3,(H,10,11). The number of aryl methyl sites for hydroxylation is 2. The zero-order chi connectivity index (χ0) is 9.84. The summed E-state index contributed by atoms with van der Waals surface area (Å²) in [6.07, 6.45) is 4.13. The first-order chi connectivity index (χ1) is 6.13. The second-order valence-electron chi connectivity index (χ2n) is 3.32. The maximum Gasteiger partial charge on any atom is 0.203 e. The Bertz CT molecular complexity index is 270. The summed E-state index contributed by atoms with van der Waals surface area (Å²) >= 11 is 1.84. The van der Waals surface area contributed by atoms with Crippen LogP contribution in [0.3, 0.4) is 0 Å². The highest BCUT2D eigenvalue weighted by molar-refractivity contribution is 7.98. The fraction of sp³-hybridized carbons (Fsp3) is 0.667. The smallest absolute Gasteiger partial charge is 0.203 e. The van der Waals surface area contributed by atoms with Gasteiger partial charge in [-0.3, -0.25) is 0 Å². The second kappa shape index (κ2) is 4.56. The van der Waals surface area contributed by atoms with Crippen LogP contribution >= 0.6 is 11.8 Å². The predicted molar refractivity (Wildman–Crippen MR) is 59.4 cm³/mol. The Labute approximate surface area is 83.9 Å². The molecule has 1 aromatic heterocycles. The number of aromatic nitrogens is 2. The lowest BCUT2D eigenvalue weighted by atomic mass is 10.4. The van der Waals surface area contributed by atoms with Gasteiger partial charge >= 0.3 is 0 Å². The molecule has 74 valence electrons. The van der Waals surface area contributed by atoms with Gasteiger partial charge in [0, 0.05) is 25.0 Å². The van der Waals surface area contributed by atoms with E-state index in [1.807, 2.05) is 36.5 Å². The first-order valence-corrected chi connectivity index (χ1v) is 5.78. The summed E-state index contributed by atoms with van der Waals surface area (Å²) in [5, 5.41) is 3.36. The SMILES string of the molecule is CSCC(C)Nc1nc(C)cn1C. The molecule has 0 saturated carbocycles. The molecule has 0 saturated heterocycles. The minimum atomic E-state index is 0.468. The number of anilines is 1. The Balaban J connectivity index is 2.57. The van der Waals surface area contributed by atoms with Crippen molar-refractivity contribution >= 4 is 17.7 Å². The Kier molecular flexibility index (Phi) is 3.66. The van der Waals surface area contributed by atoms with Crippen LogP contribution in [0.1, 0.15) is 12.6 Å². The summed E-state index contributed by atoms with van der Waals surface area (Å²) in [7, 11) is 2.01. The average molecular weight is 199 g/mol. The lowest BCUT2D eigenvalue weighted by Crippen LogP contribution is -2.19. The van der Waals surface area contributed by atoms with Crippen LogP contribution in [0.25, 0.3) is 0 Å². The number of hydrogen-bond acceptors (Lipinski definition) is 3. The van der Waals surface area contributed by atoms with E-state index in [9.17, 15) is 0 Å². The molecule has 1 N–H and O–H groups in total. The number of imidazole rings is 1. The molecule has 1 unspecified atom stereocenters. The summed E-state index contributed by atoms with van der Waals surface area (Å²) in [4.78, 5) is 4.38. The first-order valence-electron chi connectivity index (χ1n) is 4.39. The third-order valence-electron chi connectivity index (χ3n) is 1.79. The van der Waals surface area contributed by atoms with Crippen LogP contribution in [0, 0.1) is 6.92 Å². The average Bonchev–Trinajstić information content (AvgIpc) is 2.30. The maximum atomic E-state index is 4.38.